The second-order valence-corrected chi connectivity index (χ2v) is 8.59. The van der Waals surface area contributed by atoms with E-state index in [0.29, 0.717) is 22.3 Å². The van der Waals surface area contributed by atoms with Gasteiger partial charge in [0.2, 0.25) is 0 Å². The summed E-state index contributed by atoms with van der Waals surface area (Å²) in [6.07, 6.45) is 6.22. The molecular weight excluding hydrogens is 495 g/mol. The summed E-state index contributed by atoms with van der Waals surface area (Å²) in [7, 11) is 0. The molecule has 0 saturated heterocycles. The van der Waals surface area contributed by atoms with Gasteiger partial charge in [0.1, 0.15) is 0 Å². The van der Waals surface area contributed by atoms with Gasteiger partial charge >= 0.3 is 0 Å². The Balaban J connectivity index is 0.00000240. The van der Waals surface area contributed by atoms with Crippen molar-refractivity contribution in [2.24, 2.45) is 0 Å². The molecule has 0 bridgehead atoms. The molecule has 29 heavy (non-hydrogen) atoms. The summed E-state index contributed by atoms with van der Waals surface area (Å²) in [6.45, 7) is 1.32. The molecule has 0 saturated carbocycles. The van der Waals surface area contributed by atoms with Crippen molar-refractivity contribution in [2.45, 2.75) is 13.0 Å². The number of anilines is 1. The fourth-order valence-electron chi connectivity index (χ4n) is 2.89. The predicted octanol–water partition coefficient (Wildman–Crippen LogP) is 6.07. The van der Waals surface area contributed by atoms with Crippen molar-refractivity contribution in [3.05, 3.63) is 76.2 Å². The Hall–Kier alpha value is -1.93. The van der Waals surface area contributed by atoms with Crippen LogP contribution in [-0.2, 0) is 6.54 Å². The quantitative estimate of drug-likeness (QED) is 0.315. The second-order valence-electron chi connectivity index (χ2n) is 6.23. The summed E-state index contributed by atoms with van der Waals surface area (Å²) in [5.41, 5.74) is 1.43. The summed E-state index contributed by atoms with van der Waals surface area (Å²) in [4.78, 5) is 23.7. The number of thiazole rings is 1. The van der Waals surface area contributed by atoms with Crippen LogP contribution in [0.25, 0.3) is 10.2 Å². The topological polar surface area (TPSA) is 51.0 Å². The van der Waals surface area contributed by atoms with Gasteiger partial charge in [-0.05, 0) is 42.8 Å². The molecule has 0 radical (unpaired) electrons. The van der Waals surface area contributed by atoms with E-state index in [9.17, 15) is 4.79 Å². The minimum atomic E-state index is -0.105. The number of halogens is 3. The number of hydrogen-bond donors (Lipinski definition) is 0. The largest absolute Gasteiger partial charge is 0.337 e. The van der Waals surface area contributed by atoms with Gasteiger partial charge in [-0.3, -0.25) is 9.69 Å². The minimum absolute atomic E-state index is 0. The van der Waals surface area contributed by atoms with Crippen LogP contribution in [0.5, 0.6) is 0 Å². The first-order chi connectivity index (χ1) is 13.6. The Bertz CT molecular complexity index is 1120. The van der Waals surface area contributed by atoms with Crippen LogP contribution in [0.3, 0.4) is 0 Å². The zero-order valence-electron chi connectivity index (χ0n) is 15.2. The summed E-state index contributed by atoms with van der Waals surface area (Å²) >= 11 is 11.1. The molecule has 150 valence electrons. The van der Waals surface area contributed by atoms with Gasteiger partial charge in [0.05, 0.1) is 16.5 Å². The van der Waals surface area contributed by atoms with Gasteiger partial charge in [0, 0.05) is 40.5 Å². The van der Waals surface area contributed by atoms with E-state index >= 15 is 0 Å². The van der Waals surface area contributed by atoms with Gasteiger partial charge < -0.3 is 4.57 Å². The molecule has 0 aliphatic carbocycles. The van der Waals surface area contributed by atoms with Crippen LogP contribution in [0.15, 0.2) is 65.7 Å². The van der Waals surface area contributed by atoms with Crippen molar-refractivity contribution < 1.29 is 4.79 Å². The number of aromatic nitrogens is 3. The van der Waals surface area contributed by atoms with Gasteiger partial charge in [0.15, 0.2) is 5.13 Å². The van der Waals surface area contributed by atoms with E-state index in [1.54, 1.807) is 41.7 Å². The summed E-state index contributed by atoms with van der Waals surface area (Å²) < 4.78 is 4.02. The van der Waals surface area contributed by atoms with Crippen LogP contribution in [0, 0.1) is 0 Å². The Morgan fingerprint density at radius 1 is 1.24 bits per heavy atom. The van der Waals surface area contributed by atoms with Crippen molar-refractivity contribution >= 4 is 72.5 Å². The number of benzene rings is 2. The average molecular weight is 512 g/mol. The molecule has 0 atom stereocenters. The van der Waals surface area contributed by atoms with Crippen molar-refractivity contribution in [3.63, 3.8) is 0 Å². The molecule has 4 rings (SSSR count). The van der Waals surface area contributed by atoms with Crippen molar-refractivity contribution in [1.29, 1.82) is 0 Å². The molecule has 5 nitrogen and oxygen atoms in total. The first-order valence-electron chi connectivity index (χ1n) is 8.69. The number of hydrogen-bond acceptors (Lipinski definition) is 4. The summed E-state index contributed by atoms with van der Waals surface area (Å²) in [6, 6.07) is 12.9. The Morgan fingerprint density at radius 2 is 2.10 bits per heavy atom. The number of fused-ring (bicyclic) bond motifs is 1. The van der Waals surface area contributed by atoms with E-state index in [-0.39, 0.29) is 18.3 Å². The maximum absolute atomic E-state index is 13.2. The highest BCUT2D eigenvalue weighted by molar-refractivity contribution is 9.10. The molecular formula is C20H17BrCl2N4OS. The zero-order chi connectivity index (χ0) is 19.5. The SMILES string of the molecule is Cl.O=C(c1cccc(Cl)c1)N(CCCn1ccnc1)c1nc2ccc(Br)cc2s1. The maximum Gasteiger partial charge on any atom is 0.260 e. The second kappa shape index (κ2) is 9.71. The Morgan fingerprint density at radius 3 is 2.86 bits per heavy atom. The van der Waals surface area contributed by atoms with E-state index in [4.69, 9.17) is 11.6 Å². The number of aryl methyl sites for hydroxylation is 1. The van der Waals surface area contributed by atoms with Crippen molar-refractivity contribution in [3.8, 4) is 0 Å². The Labute approximate surface area is 191 Å². The van der Waals surface area contributed by atoms with E-state index < -0.39 is 0 Å². The van der Waals surface area contributed by atoms with Crippen LogP contribution in [0.2, 0.25) is 5.02 Å². The number of nitrogens with zero attached hydrogens (tertiary/aromatic N) is 4. The third kappa shape index (κ3) is 5.17. The molecule has 0 N–H and O–H groups in total. The molecule has 9 heteroatoms. The highest BCUT2D eigenvalue weighted by Gasteiger charge is 2.21. The monoisotopic (exact) mass is 510 g/mol. The van der Waals surface area contributed by atoms with Crippen LogP contribution in [-0.4, -0.2) is 27.0 Å². The third-order valence-corrected chi connectivity index (χ3v) is 6.01. The summed E-state index contributed by atoms with van der Waals surface area (Å²) in [5, 5.41) is 1.22. The van der Waals surface area contributed by atoms with Crippen molar-refractivity contribution in [2.75, 3.05) is 11.4 Å². The zero-order valence-corrected chi connectivity index (χ0v) is 19.1. The molecule has 1 amide bonds. The third-order valence-electron chi connectivity index (χ3n) is 4.24. The Kier molecular flexibility index (Phi) is 7.29. The maximum atomic E-state index is 13.2. The molecule has 0 unspecified atom stereocenters. The number of imidazole rings is 1. The minimum Gasteiger partial charge on any atom is -0.337 e. The molecule has 0 fully saturated rings. The number of rotatable bonds is 6. The normalized spacial score (nSPS) is 10.7. The van der Waals surface area contributed by atoms with Gasteiger partial charge in [-0.25, -0.2) is 9.97 Å². The lowest BCUT2D eigenvalue weighted by Gasteiger charge is -2.20. The highest BCUT2D eigenvalue weighted by Crippen LogP contribution is 2.32. The van der Waals surface area contributed by atoms with Gasteiger partial charge in [-0.15, -0.1) is 12.4 Å². The molecule has 0 aliphatic rings. The fourth-order valence-corrected chi connectivity index (χ4v) is 4.63. The van der Waals surface area contributed by atoms with Gasteiger partial charge in [-0.1, -0.05) is 44.9 Å². The lowest BCUT2D eigenvalue weighted by molar-refractivity contribution is 0.0986. The van der Waals surface area contributed by atoms with Crippen LogP contribution in [0.4, 0.5) is 5.13 Å². The molecule has 0 aliphatic heterocycles. The lowest BCUT2D eigenvalue weighted by atomic mass is 10.2. The first kappa shape index (κ1) is 21.8. The first-order valence-corrected chi connectivity index (χ1v) is 10.7. The highest BCUT2D eigenvalue weighted by atomic mass is 79.9. The molecule has 2 aromatic heterocycles. The number of carbonyl (C=O) groups is 1. The smallest absolute Gasteiger partial charge is 0.260 e. The standard InChI is InChI=1S/C20H16BrClN4OS.ClH/c21-15-5-6-17-18(12-15)28-20(24-17)26(9-2-8-25-10-7-23-13-25)19(27)14-3-1-4-16(22)11-14;/h1,3-7,10-13H,2,8-9H2;1H. The van der Waals surface area contributed by atoms with Gasteiger partial charge in [-0.2, -0.15) is 0 Å². The van der Waals surface area contributed by atoms with Gasteiger partial charge in [0.25, 0.3) is 5.91 Å². The average Bonchev–Trinajstić information content (AvgIpc) is 3.34. The molecule has 2 aromatic carbocycles. The van der Waals surface area contributed by atoms with E-state index in [1.165, 1.54) is 11.3 Å². The van der Waals surface area contributed by atoms with E-state index in [1.807, 2.05) is 29.0 Å². The van der Waals surface area contributed by atoms with Crippen LogP contribution < -0.4 is 4.90 Å². The summed E-state index contributed by atoms with van der Waals surface area (Å²) in [5.74, 6) is -0.105. The number of carbonyl (C=O) groups excluding carboxylic acids is 1. The molecule has 0 spiro atoms. The van der Waals surface area contributed by atoms with E-state index in [2.05, 4.69) is 25.9 Å². The number of amides is 1. The van der Waals surface area contributed by atoms with E-state index in [0.717, 1.165) is 27.7 Å². The predicted molar refractivity (Wildman–Crippen MR) is 125 cm³/mol. The lowest BCUT2D eigenvalue weighted by Crippen LogP contribution is -2.32. The van der Waals surface area contributed by atoms with Crippen LogP contribution >= 0.6 is 51.3 Å². The van der Waals surface area contributed by atoms with Crippen molar-refractivity contribution in [1.82, 2.24) is 14.5 Å². The fraction of sp³-hybridized carbons (Fsp3) is 0.150. The molecule has 2 heterocycles. The molecule has 4 aromatic rings. The van der Waals surface area contributed by atoms with Crippen LogP contribution in [0.1, 0.15) is 16.8 Å².